The van der Waals surface area contributed by atoms with E-state index >= 15 is 0 Å². The van der Waals surface area contributed by atoms with Crippen molar-refractivity contribution < 1.29 is 4.79 Å². The predicted octanol–water partition coefficient (Wildman–Crippen LogP) is 6.16. The zero-order valence-electron chi connectivity index (χ0n) is 13.1. The Hall–Kier alpha value is -0.880. The van der Waals surface area contributed by atoms with E-state index in [0.29, 0.717) is 10.6 Å². The highest BCUT2D eigenvalue weighted by atomic mass is 79.9. The molecule has 1 aliphatic rings. The Bertz CT molecular complexity index is 689. The van der Waals surface area contributed by atoms with Crippen molar-refractivity contribution in [3.05, 3.63) is 56.5 Å². The van der Waals surface area contributed by atoms with Crippen LogP contribution in [0, 0.1) is 0 Å². The molecule has 128 valence electrons. The second kappa shape index (κ2) is 9.56. The summed E-state index contributed by atoms with van der Waals surface area (Å²) in [5, 5.41) is 4.25. The number of aldehydes is 1. The summed E-state index contributed by atoms with van der Waals surface area (Å²) in [7, 11) is 1.86. The van der Waals surface area contributed by atoms with Gasteiger partial charge in [0.15, 0.2) is 6.29 Å². The number of carbonyl (C=O) groups excluding carboxylic acids is 1. The zero-order valence-corrected chi connectivity index (χ0v) is 17.0. The van der Waals surface area contributed by atoms with Gasteiger partial charge in [-0.2, -0.15) is 0 Å². The number of carbonyl (C=O) groups is 1. The van der Waals surface area contributed by atoms with Crippen molar-refractivity contribution in [2.24, 2.45) is 0 Å². The van der Waals surface area contributed by atoms with Gasteiger partial charge in [-0.1, -0.05) is 39.1 Å². The Labute approximate surface area is 165 Å². The third-order valence-electron chi connectivity index (χ3n) is 3.30. The monoisotopic (exact) mass is 446 g/mol. The van der Waals surface area contributed by atoms with Gasteiger partial charge in [-0.25, -0.2) is 0 Å². The van der Waals surface area contributed by atoms with E-state index in [0.717, 1.165) is 39.5 Å². The zero-order chi connectivity index (χ0) is 17.5. The van der Waals surface area contributed by atoms with Crippen LogP contribution in [-0.2, 0) is 0 Å². The molecule has 3 rings (SSSR count). The molecule has 2 aromatic rings. The number of anilines is 2. The Balaban J connectivity index is 0.000000185. The molecular weight excluding hydrogens is 431 g/mol. The molecule has 7 heteroatoms. The quantitative estimate of drug-likeness (QED) is 0.451. The minimum absolute atomic E-state index is 0.521. The van der Waals surface area contributed by atoms with E-state index in [1.54, 1.807) is 18.0 Å². The van der Waals surface area contributed by atoms with Crippen LogP contribution in [0.25, 0.3) is 0 Å². The van der Waals surface area contributed by atoms with Crippen molar-refractivity contribution >= 4 is 68.7 Å². The standard InChI is InChI=1S/C10H10ClNOS.C7H7BrClN/c11-10-3-2-9(6-8(10)7-13)12-4-1-5-14-12;1-10-7-3-5(8)2-6(9)4-7/h2-3,6-7H,1,4-5H2;2-4,10H,1H3. The second-order valence-electron chi connectivity index (χ2n) is 5.02. The van der Waals surface area contributed by atoms with Crippen LogP contribution in [0.4, 0.5) is 11.4 Å². The molecule has 1 N–H and O–H groups in total. The van der Waals surface area contributed by atoms with Crippen LogP contribution in [0.2, 0.25) is 10.0 Å². The molecule has 0 spiro atoms. The minimum atomic E-state index is 0.521. The Morgan fingerprint density at radius 1 is 1.25 bits per heavy atom. The summed E-state index contributed by atoms with van der Waals surface area (Å²) in [6.45, 7) is 1.05. The lowest BCUT2D eigenvalue weighted by Gasteiger charge is -2.16. The fourth-order valence-corrected chi connectivity index (χ4v) is 4.15. The number of nitrogens with one attached hydrogen (secondary N) is 1. The van der Waals surface area contributed by atoms with E-state index in [1.807, 2.05) is 37.4 Å². The number of nitrogens with zero attached hydrogens (tertiary/aromatic N) is 1. The molecule has 1 aliphatic heterocycles. The van der Waals surface area contributed by atoms with E-state index in [4.69, 9.17) is 23.2 Å². The molecule has 1 heterocycles. The number of rotatable bonds is 3. The molecular formula is C17H17BrCl2N2OS. The first-order chi connectivity index (χ1) is 11.5. The number of hydrogen-bond donors (Lipinski definition) is 1. The molecule has 0 saturated carbocycles. The Morgan fingerprint density at radius 2 is 2.04 bits per heavy atom. The molecule has 1 fully saturated rings. The summed E-state index contributed by atoms with van der Waals surface area (Å²) < 4.78 is 3.19. The van der Waals surface area contributed by atoms with Crippen LogP contribution in [0.1, 0.15) is 16.8 Å². The lowest BCUT2D eigenvalue weighted by atomic mass is 10.2. The first-order valence-corrected chi connectivity index (χ1v) is 9.81. The lowest BCUT2D eigenvalue weighted by Crippen LogP contribution is -2.08. The first-order valence-electron chi connectivity index (χ1n) is 7.32. The van der Waals surface area contributed by atoms with E-state index in [2.05, 4.69) is 25.6 Å². The van der Waals surface area contributed by atoms with Gasteiger partial charge in [0.05, 0.1) is 5.02 Å². The van der Waals surface area contributed by atoms with Crippen molar-refractivity contribution in [1.82, 2.24) is 0 Å². The molecule has 2 aromatic carbocycles. The van der Waals surface area contributed by atoms with Crippen molar-refractivity contribution in [3.63, 3.8) is 0 Å². The van der Waals surface area contributed by atoms with Gasteiger partial charge in [0.25, 0.3) is 0 Å². The maximum absolute atomic E-state index is 10.7. The Kier molecular flexibility index (Phi) is 7.75. The summed E-state index contributed by atoms with van der Waals surface area (Å²) in [6, 6.07) is 11.3. The van der Waals surface area contributed by atoms with Crippen molar-refractivity contribution in [3.8, 4) is 0 Å². The molecule has 0 aromatic heterocycles. The van der Waals surface area contributed by atoms with Gasteiger partial charge in [-0.15, -0.1) is 0 Å². The SMILES string of the molecule is CNc1cc(Cl)cc(Br)c1.O=Cc1cc(N2CCCS2)ccc1Cl. The number of hydrogen-bond acceptors (Lipinski definition) is 4. The highest BCUT2D eigenvalue weighted by Gasteiger charge is 2.14. The molecule has 3 nitrogen and oxygen atoms in total. The molecule has 1 saturated heterocycles. The summed E-state index contributed by atoms with van der Waals surface area (Å²) in [6.07, 6.45) is 2.00. The van der Waals surface area contributed by atoms with Gasteiger partial charge < -0.3 is 9.62 Å². The smallest absolute Gasteiger partial charge is 0.151 e. The van der Waals surface area contributed by atoms with Crippen molar-refractivity contribution in [2.75, 3.05) is 29.0 Å². The normalized spacial score (nSPS) is 13.2. The van der Waals surface area contributed by atoms with Gasteiger partial charge in [-0.3, -0.25) is 4.79 Å². The summed E-state index contributed by atoms with van der Waals surface area (Å²) in [5.41, 5.74) is 2.65. The minimum Gasteiger partial charge on any atom is -0.388 e. The van der Waals surface area contributed by atoms with Gasteiger partial charge in [0, 0.05) is 45.8 Å². The van der Waals surface area contributed by atoms with Gasteiger partial charge >= 0.3 is 0 Å². The van der Waals surface area contributed by atoms with E-state index < -0.39 is 0 Å². The van der Waals surface area contributed by atoms with Crippen LogP contribution in [0.5, 0.6) is 0 Å². The largest absolute Gasteiger partial charge is 0.388 e. The predicted molar refractivity (Wildman–Crippen MR) is 110 cm³/mol. The van der Waals surface area contributed by atoms with Gasteiger partial charge in [0.1, 0.15) is 0 Å². The maximum Gasteiger partial charge on any atom is 0.151 e. The summed E-state index contributed by atoms with van der Waals surface area (Å²) >= 11 is 16.7. The topological polar surface area (TPSA) is 32.3 Å². The fraction of sp³-hybridized carbons (Fsp3) is 0.235. The Morgan fingerprint density at radius 3 is 2.62 bits per heavy atom. The average molecular weight is 448 g/mol. The second-order valence-corrected chi connectivity index (χ2v) is 7.89. The van der Waals surface area contributed by atoms with E-state index in [9.17, 15) is 4.79 Å². The van der Waals surface area contributed by atoms with Gasteiger partial charge in [-0.05, 0) is 54.8 Å². The molecule has 0 radical (unpaired) electrons. The van der Waals surface area contributed by atoms with Crippen LogP contribution in [0.15, 0.2) is 40.9 Å². The third-order valence-corrected chi connectivity index (χ3v) is 5.50. The van der Waals surface area contributed by atoms with Crippen molar-refractivity contribution in [1.29, 1.82) is 0 Å². The lowest BCUT2D eigenvalue weighted by molar-refractivity contribution is 0.112. The number of halogens is 3. The fourth-order valence-electron chi connectivity index (χ4n) is 2.13. The third kappa shape index (κ3) is 5.59. The first kappa shape index (κ1) is 19.4. The highest BCUT2D eigenvalue weighted by Crippen LogP contribution is 2.30. The maximum atomic E-state index is 10.7. The van der Waals surface area contributed by atoms with E-state index in [1.165, 1.54) is 6.42 Å². The van der Waals surface area contributed by atoms with Crippen molar-refractivity contribution in [2.45, 2.75) is 6.42 Å². The molecule has 0 amide bonds. The molecule has 0 bridgehead atoms. The summed E-state index contributed by atoms with van der Waals surface area (Å²) in [4.78, 5) is 10.7. The number of benzene rings is 2. The molecule has 0 aliphatic carbocycles. The molecule has 0 atom stereocenters. The van der Waals surface area contributed by atoms with Crippen LogP contribution in [0.3, 0.4) is 0 Å². The average Bonchev–Trinajstić information content (AvgIpc) is 3.09. The van der Waals surface area contributed by atoms with Crippen LogP contribution >= 0.6 is 51.1 Å². The van der Waals surface area contributed by atoms with E-state index in [-0.39, 0.29) is 0 Å². The van der Waals surface area contributed by atoms with Crippen LogP contribution < -0.4 is 9.62 Å². The van der Waals surface area contributed by atoms with Crippen LogP contribution in [-0.4, -0.2) is 25.6 Å². The van der Waals surface area contributed by atoms with Gasteiger partial charge in [0.2, 0.25) is 0 Å². The molecule has 0 unspecified atom stereocenters. The summed E-state index contributed by atoms with van der Waals surface area (Å²) in [5.74, 6) is 1.15. The highest BCUT2D eigenvalue weighted by molar-refractivity contribution is 9.10. The molecule has 24 heavy (non-hydrogen) atoms.